The molecule has 3 heterocycles. The normalized spacial score (nSPS) is 20.6. The van der Waals surface area contributed by atoms with Crippen molar-refractivity contribution in [2.45, 2.75) is 51.5 Å². The quantitative estimate of drug-likeness (QED) is 0.435. The van der Waals surface area contributed by atoms with Gasteiger partial charge in [-0.05, 0) is 31.9 Å². The summed E-state index contributed by atoms with van der Waals surface area (Å²) in [5.41, 5.74) is 1.58. The third kappa shape index (κ3) is 4.90. The molecule has 2 aliphatic rings. The van der Waals surface area contributed by atoms with E-state index in [2.05, 4.69) is 4.98 Å². The molecule has 0 bridgehead atoms. The molecule has 2 aliphatic heterocycles. The highest BCUT2D eigenvalue weighted by Crippen LogP contribution is 2.42. The van der Waals surface area contributed by atoms with Crippen molar-refractivity contribution in [3.8, 4) is 11.5 Å². The first kappa shape index (κ1) is 25.9. The van der Waals surface area contributed by atoms with Gasteiger partial charge in [0.25, 0.3) is 5.91 Å². The molecule has 0 saturated carbocycles. The Bertz CT molecular complexity index is 1410. The van der Waals surface area contributed by atoms with Gasteiger partial charge in [-0.25, -0.2) is 13.8 Å². The summed E-state index contributed by atoms with van der Waals surface area (Å²) in [7, 11) is 3.29. The van der Waals surface area contributed by atoms with E-state index in [9.17, 15) is 18.4 Å². The average molecular weight is 530 g/mol. The van der Waals surface area contributed by atoms with E-state index in [-0.39, 0.29) is 42.5 Å². The number of aromatic nitrogens is 2. The maximum Gasteiger partial charge on any atom is 0.302 e. The Morgan fingerprint density at radius 1 is 1.16 bits per heavy atom. The lowest BCUT2D eigenvalue weighted by atomic mass is 10.0. The average Bonchev–Trinajstić information content (AvgIpc) is 3.45. The van der Waals surface area contributed by atoms with E-state index in [1.165, 1.54) is 11.8 Å². The number of benzene rings is 2. The minimum atomic E-state index is -0.780. The summed E-state index contributed by atoms with van der Waals surface area (Å²) in [6, 6.07) is 5.24. The fourth-order valence-corrected chi connectivity index (χ4v) is 5.03. The molecule has 9 nitrogen and oxygen atoms in total. The maximum atomic E-state index is 14.9. The number of nitrogens with zero attached hydrogens (tertiary/aromatic N) is 3. The van der Waals surface area contributed by atoms with Gasteiger partial charge < -0.3 is 23.8 Å². The van der Waals surface area contributed by atoms with E-state index in [0.29, 0.717) is 47.4 Å². The molecule has 1 saturated heterocycles. The molecule has 38 heavy (non-hydrogen) atoms. The van der Waals surface area contributed by atoms with Crippen LogP contribution in [0.3, 0.4) is 0 Å². The standard InChI is InChI=1S/C27H29F2N3O6/c1-14-30-20-9-16(27(34)31(3)4)10-23(26(20)32(14)24-6-5-18(37-24)13-36-15(2)33)38-21-7-8-35-22-12-17(28)11-19(29)25(21)22/h9-12,18,21,24H,5-8,13H2,1-4H3/t18-,21-,24?/m1/s1. The Kier molecular flexibility index (Phi) is 6.95. The molecule has 0 N–H and O–H groups in total. The number of fused-ring (bicyclic) bond motifs is 2. The number of ether oxygens (including phenoxy) is 4. The number of carbonyl (C=O) groups is 2. The van der Waals surface area contributed by atoms with Gasteiger partial charge in [0, 0.05) is 45.1 Å². The predicted molar refractivity (Wildman–Crippen MR) is 132 cm³/mol. The molecule has 1 aromatic heterocycles. The van der Waals surface area contributed by atoms with Crippen LogP contribution in [0.5, 0.6) is 11.5 Å². The minimum Gasteiger partial charge on any atom is -0.493 e. The van der Waals surface area contributed by atoms with E-state index in [0.717, 1.165) is 12.1 Å². The van der Waals surface area contributed by atoms with Gasteiger partial charge >= 0.3 is 5.97 Å². The molecular weight excluding hydrogens is 500 g/mol. The number of halogens is 2. The highest BCUT2D eigenvalue weighted by atomic mass is 19.1. The smallest absolute Gasteiger partial charge is 0.302 e. The van der Waals surface area contributed by atoms with Crippen LogP contribution in [-0.2, 0) is 14.3 Å². The summed E-state index contributed by atoms with van der Waals surface area (Å²) in [5, 5.41) is 0. The molecule has 202 valence electrons. The van der Waals surface area contributed by atoms with Gasteiger partial charge in [0.1, 0.15) is 53.4 Å². The summed E-state index contributed by atoms with van der Waals surface area (Å²) < 4.78 is 53.8. The van der Waals surface area contributed by atoms with Crippen LogP contribution in [0.15, 0.2) is 24.3 Å². The monoisotopic (exact) mass is 529 g/mol. The molecule has 0 aliphatic carbocycles. The molecule has 2 aromatic carbocycles. The molecule has 3 atom stereocenters. The van der Waals surface area contributed by atoms with E-state index in [1.54, 1.807) is 26.2 Å². The van der Waals surface area contributed by atoms with Gasteiger partial charge in [-0.15, -0.1) is 0 Å². The second kappa shape index (κ2) is 10.2. The first-order chi connectivity index (χ1) is 18.1. The third-order valence-electron chi connectivity index (χ3n) is 6.71. The van der Waals surface area contributed by atoms with E-state index < -0.39 is 24.0 Å². The lowest BCUT2D eigenvalue weighted by molar-refractivity contribution is -0.145. The first-order valence-corrected chi connectivity index (χ1v) is 12.4. The Balaban J connectivity index is 1.58. The summed E-state index contributed by atoms with van der Waals surface area (Å²) >= 11 is 0. The van der Waals surface area contributed by atoms with E-state index in [1.807, 2.05) is 11.5 Å². The van der Waals surface area contributed by atoms with Crippen molar-refractivity contribution in [2.75, 3.05) is 27.3 Å². The van der Waals surface area contributed by atoms with Gasteiger partial charge in [0.2, 0.25) is 0 Å². The molecule has 0 radical (unpaired) electrons. The molecule has 5 rings (SSSR count). The molecule has 3 aromatic rings. The SMILES string of the molecule is CC(=O)OC[C@H]1CCC(n2c(C)nc3cc(C(=O)N(C)C)cc(O[C@@H]4CCOc5cc(F)cc(F)c54)c32)O1. The number of aryl methyl sites for hydroxylation is 1. The second-order valence-corrected chi connectivity index (χ2v) is 9.71. The zero-order valence-electron chi connectivity index (χ0n) is 21.6. The summed E-state index contributed by atoms with van der Waals surface area (Å²) in [6.45, 7) is 3.53. The molecule has 1 fully saturated rings. The van der Waals surface area contributed by atoms with Gasteiger partial charge in [-0.3, -0.25) is 14.2 Å². The third-order valence-corrected chi connectivity index (χ3v) is 6.71. The number of hydrogen-bond donors (Lipinski definition) is 0. The van der Waals surface area contributed by atoms with Gasteiger partial charge in [0.15, 0.2) is 0 Å². The Labute approximate surface area is 218 Å². The van der Waals surface area contributed by atoms with Gasteiger partial charge in [-0.2, -0.15) is 0 Å². The van der Waals surface area contributed by atoms with Crippen molar-refractivity contribution < 1.29 is 37.3 Å². The zero-order valence-corrected chi connectivity index (χ0v) is 21.6. The van der Waals surface area contributed by atoms with Crippen molar-refractivity contribution >= 4 is 22.9 Å². The summed E-state index contributed by atoms with van der Waals surface area (Å²) in [6.07, 6.45) is 0.174. The van der Waals surface area contributed by atoms with Gasteiger partial charge in [0.05, 0.1) is 23.8 Å². The molecule has 11 heteroatoms. The largest absolute Gasteiger partial charge is 0.493 e. The second-order valence-electron chi connectivity index (χ2n) is 9.71. The summed E-state index contributed by atoms with van der Waals surface area (Å²) in [5.74, 6) is -1.08. The van der Waals surface area contributed by atoms with E-state index in [4.69, 9.17) is 18.9 Å². The number of esters is 1. The topological polar surface area (TPSA) is 92.1 Å². The van der Waals surface area contributed by atoms with Crippen LogP contribution in [0.25, 0.3) is 11.0 Å². The highest BCUT2D eigenvalue weighted by molar-refractivity contribution is 5.99. The number of rotatable bonds is 6. The Morgan fingerprint density at radius 2 is 1.95 bits per heavy atom. The van der Waals surface area contributed by atoms with Crippen molar-refractivity contribution in [1.29, 1.82) is 0 Å². The van der Waals surface area contributed by atoms with Crippen LogP contribution >= 0.6 is 0 Å². The summed E-state index contributed by atoms with van der Waals surface area (Å²) in [4.78, 5) is 30.3. The van der Waals surface area contributed by atoms with Gasteiger partial charge in [-0.1, -0.05) is 0 Å². The molecular formula is C27H29F2N3O6. The minimum absolute atomic E-state index is 0.0904. The number of amides is 1. The zero-order chi connectivity index (χ0) is 27.1. The Hall–Kier alpha value is -3.73. The molecule has 1 unspecified atom stereocenters. The number of hydrogen-bond acceptors (Lipinski definition) is 7. The fourth-order valence-electron chi connectivity index (χ4n) is 5.03. The predicted octanol–water partition coefficient (Wildman–Crippen LogP) is 4.47. The van der Waals surface area contributed by atoms with Crippen LogP contribution in [0.1, 0.15) is 60.3 Å². The van der Waals surface area contributed by atoms with Crippen LogP contribution in [-0.4, -0.2) is 59.7 Å². The van der Waals surface area contributed by atoms with Crippen molar-refractivity contribution in [2.24, 2.45) is 0 Å². The van der Waals surface area contributed by atoms with Crippen molar-refractivity contribution in [1.82, 2.24) is 14.5 Å². The fraction of sp³-hybridized carbons (Fsp3) is 0.444. The molecule has 0 spiro atoms. The highest BCUT2D eigenvalue weighted by Gasteiger charge is 2.33. The van der Waals surface area contributed by atoms with Crippen LogP contribution in [0, 0.1) is 18.6 Å². The maximum absolute atomic E-state index is 14.9. The van der Waals surface area contributed by atoms with Crippen LogP contribution in [0.4, 0.5) is 8.78 Å². The lowest BCUT2D eigenvalue weighted by Crippen LogP contribution is -2.23. The first-order valence-electron chi connectivity index (χ1n) is 12.4. The number of carbonyl (C=O) groups excluding carboxylic acids is 2. The number of imidazole rings is 1. The van der Waals surface area contributed by atoms with Crippen molar-refractivity contribution in [3.05, 3.63) is 52.9 Å². The van der Waals surface area contributed by atoms with Crippen LogP contribution < -0.4 is 9.47 Å². The lowest BCUT2D eigenvalue weighted by Gasteiger charge is -2.28. The van der Waals surface area contributed by atoms with Crippen molar-refractivity contribution in [3.63, 3.8) is 0 Å². The molecule has 1 amide bonds. The van der Waals surface area contributed by atoms with Crippen LogP contribution in [0.2, 0.25) is 0 Å². The van der Waals surface area contributed by atoms with E-state index >= 15 is 0 Å². The Morgan fingerprint density at radius 3 is 2.68 bits per heavy atom.